The van der Waals surface area contributed by atoms with Crippen LogP contribution in [0, 0.1) is 46.9 Å². The smallest absolute Gasteiger partial charge is 0.326 e. The quantitative estimate of drug-likeness (QED) is 0.0589. The zero-order chi connectivity index (χ0) is 97.1. The number of nitrogens with zero attached hydrogens (tertiary/aromatic N) is 4. The van der Waals surface area contributed by atoms with E-state index in [0.29, 0.717) is 66.7 Å². The Morgan fingerprint density at radius 3 is 1.14 bits per heavy atom. The third kappa shape index (κ3) is 24.5. The lowest BCUT2D eigenvalue weighted by molar-refractivity contribution is -0.118. The van der Waals surface area contributed by atoms with Crippen molar-refractivity contribution in [2.24, 2.45) is 23.7 Å². The molecular weight excluding hydrogens is 1750 g/mol. The second kappa shape index (κ2) is 46.9. The molecular formula is C122H136F4N8O6. The Kier molecular flexibility index (Phi) is 33.0. The summed E-state index contributed by atoms with van der Waals surface area (Å²) in [6, 6.07) is 85.9. The first kappa shape index (κ1) is 98.6. The van der Waals surface area contributed by atoms with Gasteiger partial charge in [0.05, 0.1) is 42.3 Å². The number of benzene rings is 12. The number of carbonyl (C=O) groups excluding carboxylic acids is 4. The van der Waals surface area contributed by atoms with Crippen LogP contribution >= 0.6 is 0 Å². The fourth-order valence-electron chi connectivity index (χ4n) is 22.2. The summed E-state index contributed by atoms with van der Waals surface area (Å²) in [5.41, 5.74) is 22.7. The molecule has 8 aliphatic rings. The number of anilines is 8. The van der Waals surface area contributed by atoms with Crippen molar-refractivity contribution in [2.45, 2.75) is 238 Å². The Labute approximate surface area is 825 Å². The lowest BCUT2D eigenvalue weighted by Gasteiger charge is -2.35. The predicted octanol–water partition coefficient (Wildman–Crippen LogP) is 32.1. The summed E-state index contributed by atoms with van der Waals surface area (Å²) in [5.74, 6) is 4.33. The highest BCUT2D eigenvalue weighted by atomic mass is 19.2. The van der Waals surface area contributed by atoms with Gasteiger partial charge in [-0.1, -0.05) is 237 Å². The monoisotopic (exact) mass is 1890 g/mol. The summed E-state index contributed by atoms with van der Waals surface area (Å²) < 4.78 is 66.6. The van der Waals surface area contributed by atoms with Gasteiger partial charge in [-0.05, 0) is 339 Å². The molecule has 14 nitrogen and oxygen atoms in total. The van der Waals surface area contributed by atoms with E-state index in [1.165, 1.54) is 179 Å². The van der Waals surface area contributed by atoms with Crippen LogP contribution in [0.2, 0.25) is 0 Å². The van der Waals surface area contributed by atoms with Crippen LogP contribution in [-0.2, 0) is 17.6 Å². The summed E-state index contributed by atoms with van der Waals surface area (Å²) in [7, 11) is 0. The van der Waals surface area contributed by atoms with Crippen molar-refractivity contribution in [1.82, 2.24) is 0 Å². The van der Waals surface area contributed by atoms with E-state index in [4.69, 9.17) is 9.47 Å². The Morgan fingerprint density at radius 2 is 0.714 bits per heavy atom. The van der Waals surface area contributed by atoms with Crippen molar-refractivity contribution in [2.75, 3.05) is 73.6 Å². The summed E-state index contributed by atoms with van der Waals surface area (Å²) in [4.78, 5) is 59.3. The number of para-hydroxylation sites is 1. The average molecular weight is 1890 g/mol. The molecule has 0 saturated heterocycles. The van der Waals surface area contributed by atoms with E-state index in [0.717, 1.165) is 155 Å². The van der Waals surface area contributed by atoms with E-state index < -0.39 is 35.3 Å². The molecule has 2 unspecified atom stereocenters. The predicted molar refractivity (Wildman–Crippen MR) is 564 cm³/mol. The SMILES string of the molecule is CCC1CCC(c2ccc(-c3ccc4c(c3)CCCN4C(=O)Nc3ccccc3)cc2)CC1.CCC1CCC(c2ccc(-c3ccc4c(c3)N(C(=O)Cc3ccccc3)CCN4)cc2)CC1.CCC1CCC(c2ccc(-c3ccc4c(c3)OC(CC)CN4C(=O)Nc3cc(F)cc(F)c3)cc2)CC1.CCC1CCC(c2ccc(-c3ccc4c(c3)OC(CC)CN4C(=O)Nc3ccc(F)c(F)c3)cc2)CC1. The number of fused-ring (bicyclic) bond motifs is 4. The summed E-state index contributed by atoms with van der Waals surface area (Å²) in [6.07, 6.45) is 29.9. The van der Waals surface area contributed by atoms with Gasteiger partial charge in [-0.25, -0.2) is 31.9 Å². The molecule has 4 aliphatic heterocycles. The van der Waals surface area contributed by atoms with Crippen molar-refractivity contribution in [3.8, 4) is 56.0 Å². The van der Waals surface area contributed by atoms with Crippen molar-refractivity contribution >= 4 is 69.5 Å². The number of halogens is 4. The molecule has 728 valence electrons. The zero-order valence-electron chi connectivity index (χ0n) is 82.1. The molecule has 4 fully saturated rings. The molecule has 4 N–H and O–H groups in total. The van der Waals surface area contributed by atoms with Gasteiger partial charge in [0.25, 0.3) is 0 Å². The van der Waals surface area contributed by atoms with Crippen molar-refractivity contribution in [3.05, 3.63) is 324 Å². The number of hydrogen-bond acceptors (Lipinski definition) is 7. The minimum absolute atomic E-state index is 0.0583. The number of nitrogens with one attached hydrogen (secondary N) is 4. The number of hydrogen-bond donors (Lipinski definition) is 4. The first-order valence-electron chi connectivity index (χ1n) is 51.9. The highest BCUT2D eigenvalue weighted by Gasteiger charge is 2.35. The van der Waals surface area contributed by atoms with Crippen LogP contribution in [0.15, 0.2) is 267 Å². The second-order valence-corrected chi connectivity index (χ2v) is 39.8. The molecule has 0 spiro atoms. The number of ether oxygens (including phenoxy) is 2. The molecule has 4 aliphatic carbocycles. The number of carbonyl (C=O) groups is 4. The van der Waals surface area contributed by atoms with E-state index >= 15 is 0 Å². The maximum atomic E-state index is 13.6. The molecule has 0 aromatic heterocycles. The largest absolute Gasteiger partial charge is 0.486 e. The Hall–Kier alpha value is -13.0. The fourth-order valence-corrected chi connectivity index (χ4v) is 22.2. The van der Waals surface area contributed by atoms with E-state index in [2.05, 4.69) is 182 Å². The minimum Gasteiger partial charge on any atom is -0.486 e. The minimum atomic E-state index is -1.00. The van der Waals surface area contributed by atoms with E-state index in [1.807, 2.05) is 121 Å². The standard InChI is InChI=1S/2C31H34F2N2O2.2C30H34N2O/c1-3-20-5-7-21(8-6-20)22-9-11-23(12-10-22)24-13-16-29-30(17-24)37-26(4-2)19-35(29)31(36)34-25-14-15-27(32)28(33)18-25;1-3-20-5-7-21(8-6-20)22-9-11-23(12-10-22)24-13-14-29-30(15-24)37-28(4-2)19-35(29)31(36)34-27-17-25(32)16-26(33)18-27;1-2-22-10-12-23(13-11-22)24-14-16-25(17-15-24)26-18-19-29-27(21-26)7-6-20-32(29)30(33)31-28-8-4-3-5-9-28;1-2-22-8-10-24(11-9-22)25-12-14-26(15-13-25)27-16-17-28-29(21-27)32(19-18-31-28)30(33)20-23-6-4-3-5-7-23/h9-18,20-21,26H,3-8,19H2,1-2H3,(H,34,36);9-18,20-21,28H,3-8,19H2,1-2H3,(H,34,36);3-5,8-9,14-19,21-23H,2,6-7,10-13,20H2,1H3,(H,31,33);3-7,12-17,21-22,24,31H,2,8-11,18-20H2,1H3. The molecule has 0 radical (unpaired) electrons. The molecule has 18 heteroatoms. The maximum absolute atomic E-state index is 13.6. The zero-order valence-corrected chi connectivity index (χ0v) is 82.1. The van der Waals surface area contributed by atoms with Crippen LogP contribution in [0.1, 0.15) is 246 Å². The molecule has 20 rings (SSSR count). The number of amides is 7. The van der Waals surface area contributed by atoms with Crippen molar-refractivity contribution in [1.29, 1.82) is 0 Å². The van der Waals surface area contributed by atoms with Gasteiger partial charge >= 0.3 is 18.1 Å². The van der Waals surface area contributed by atoms with Crippen LogP contribution < -0.4 is 50.3 Å². The van der Waals surface area contributed by atoms with Crippen molar-refractivity contribution in [3.63, 3.8) is 0 Å². The number of urea groups is 3. The highest BCUT2D eigenvalue weighted by molar-refractivity contribution is 6.06. The Balaban J connectivity index is 0.000000129. The fraction of sp³-hybridized carbons (Fsp3) is 0.377. The average Bonchev–Trinajstić information content (AvgIpc) is 0.776. The van der Waals surface area contributed by atoms with Crippen molar-refractivity contribution < 1.29 is 46.2 Å². The van der Waals surface area contributed by atoms with Gasteiger partial charge in [0.15, 0.2) is 11.6 Å². The van der Waals surface area contributed by atoms with Gasteiger partial charge in [0, 0.05) is 54.5 Å². The maximum Gasteiger partial charge on any atom is 0.326 e. The molecule has 140 heavy (non-hydrogen) atoms. The lowest BCUT2D eigenvalue weighted by Crippen LogP contribution is -2.45. The van der Waals surface area contributed by atoms with Gasteiger partial charge in [0.1, 0.15) is 35.3 Å². The van der Waals surface area contributed by atoms with E-state index in [-0.39, 0.29) is 35.5 Å². The first-order valence-corrected chi connectivity index (χ1v) is 51.9. The number of aryl methyl sites for hydroxylation is 1. The third-order valence-corrected chi connectivity index (χ3v) is 31.0. The van der Waals surface area contributed by atoms with Gasteiger partial charge < -0.3 is 35.6 Å². The highest BCUT2D eigenvalue weighted by Crippen LogP contribution is 2.47. The van der Waals surface area contributed by atoms with Gasteiger partial charge in [-0.2, -0.15) is 0 Å². The second-order valence-electron chi connectivity index (χ2n) is 39.8. The topological polar surface area (TPSA) is 148 Å². The van der Waals surface area contributed by atoms with Crippen LogP contribution in [0.4, 0.5) is 77.4 Å². The molecule has 7 amide bonds. The van der Waals surface area contributed by atoms with Crippen LogP contribution in [-0.4, -0.2) is 68.9 Å². The van der Waals surface area contributed by atoms with Gasteiger partial charge in [-0.15, -0.1) is 0 Å². The Morgan fingerprint density at radius 1 is 0.329 bits per heavy atom. The molecule has 2 atom stereocenters. The summed E-state index contributed by atoms with van der Waals surface area (Å²) in [6.45, 7) is 16.2. The summed E-state index contributed by atoms with van der Waals surface area (Å²) >= 11 is 0. The first-order chi connectivity index (χ1) is 68.3. The van der Waals surface area contributed by atoms with Crippen LogP contribution in [0.5, 0.6) is 11.5 Å². The van der Waals surface area contributed by atoms with Gasteiger partial charge in [0.2, 0.25) is 5.91 Å². The van der Waals surface area contributed by atoms with E-state index in [1.54, 1.807) is 9.80 Å². The normalized spacial score (nSPS) is 20.7. The third-order valence-electron chi connectivity index (χ3n) is 31.0. The Bertz CT molecular complexity index is 6150. The molecule has 12 aromatic carbocycles. The summed E-state index contributed by atoms with van der Waals surface area (Å²) in [5, 5.41) is 11.8. The molecule has 0 bridgehead atoms. The van der Waals surface area contributed by atoms with E-state index in [9.17, 15) is 36.7 Å². The van der Waals surface area contributed by atoms with Crippen LogP contribution in [0.25, 0.3) is 44.5 Å². The van der Waals surface area contributed by atoms with Gasteiger partial charge in [-0.3, -0.25) is 19.5 Å². The molecule has 4 saturated carbocycles. The molecule has 12 aromatic rings. The number of rotatable bonds is 19. The molecule has 4 heterocycles. The lowest BCUT2D eigenvalue weighted by atomic mass is 9.77. The van der Waals surface area contributed by atoms with Crippen LogP contribution in [0.3, 0.4) is 0 Å².